The Morgan fingerprint density at radius 1 is 0.548 bits per heavy atom. The molecule has 4 aromatic carbocycles. The van der Waals surface area contributed by atoms with Gasteiger partial charge in [0.1, 0.15) is 28.4 Å². The predicted octanol–water partition coefficient (Wildman–Crippen LogP) is 13.8. The zero-order valence-corrected chi connectivity index (χ0v) is 49.2. The highest BCUT2D eigenvalue weighted by Crippen LogP contribution is 2.38. The molecule has 6 aromatic rings. The number of aromatic carboxylic acids is 1. The summed E-state index contributed by atoms with van der Waals surface area (Å²) in [6.45, 7) is 23.0. The van der Waals surface area contributed by atoms with Gasteiger partial charge in [-0.2, -0.15) is 0 Å². The van der Waals surface area contributed by atoms with E-state index in [2.05, 4.69) is 10.6 Å². The van der Waals surface area contributed by atoms with E-state index in [9.17, 15) is 51.4 Å². The van der Waals surface area contributed by atoms with Crippen molar-refractivity contribution in [1.82, 2.24) is 29.6 Å². The lowest BCUT2D eigenvalue weighted by Crippen LogP contribution is -2.43. The van der Waals surface area contributed by atoms with Crippen LogP contribution in [-0.4, -0.2) is 109 Å². The molecule has 2 fully saturated rings. The third-order valence-corrected chi connectivity index (χ3v) is 13.1. The minimum absolute atomic E-state index is 0.0399. The fourth-order valence-corrected chi connectivity index (χ4v) is 9.64. The average molecular weight is 1170 g/mol. The van der Waals surface area contributed by atoms with Crippen LogP contribution in [0.4, 0.5) is 27.2 Å². The molecule has 2 aliphatic rings. The topological polar surface area (TPSA) is 200 Å². The number of halogens is 4. The number of nitrogens with one attached hydrogen (secondary N) is 2. The van der Waals surface area contributed by atoms with E-state index in [0.717, 1.165) is 24.3 Å². The van der Waals surface area contributed by atoms with Gasteiger partial charge in [0, 0.05) is 60.8 Å². The molecule has 17 nitrogen and oxygen atoms in total. The number of aldehydes is 1. The van der Waals surface area contributed by atoms with Gasteiger partial charge in [-0.3, -0.25) is 14.4 Å². The highest BCUT2D eigenvalue weighted by molar-refractivity contribution is 6.10. The zero-order valence-electron chi connectivity index (χ0n) is 49.2. The van der Waals surface area contributed by atoms with Crippen LogP contribution in [0.2, 0.25) is 0 Å². The first-order chi connectivity index (χ1) is 39.2. The Hall–Kier alpha value is -8.62. The van der Waals surface area contributed by atoms with Gasteiger partial charge in [-0.05, 0) is 162 Å². The number of carbonyl (C=O) groups excluding carboxylic acids is 5. The number of nitrogens with zero attached hydrogens (tertiary/aromatic N) is 4. The van der Waals surface area contributed by atoms with Gasteiger partial charge in [-0.1, -0.05) is 36.4 Å². The van der Waals surface area contributed by atoms with Crippen molar-refractivity contribution in [3.8, 4) is 45.3 Å². The summed E-state index contributed by atoms with van der Waals surface area (Å²) in [5.41, 5.74) is -0.511. The van der Waals surface area contributed by atoms with Crippen LogP contribution in [0.1, 0.15) is 156 Å². The molecular formula is C63H72F4N6O11. The first kappa shape index (κ1) is 63.0. The smallest absolute Gasteiger partial charge is 0.410 e. The first-order valence-electron chi connectivity index (χ1n) is 27.4. The number of hydrogen-bond donors (Lipinski definition) is 3. The van der Waals surface area contributed by atoms with E-state index in [1.807, 2.05) is 20.8 Å². The second kappa shape index (κ2) is 25.1. The molecule has 21 heteroatoms. The van der Waals surface area contributed by atoms with E-state index in [1.165, 1.54) is 45.9 Å². The number of likely N-dealkylation sites (tertiary alicyclic amines) is 2. The molecule has 2 saturated heterocycles. The normalized spacial score (nSPS) is 15.6. The SMILES string of the molecule is CC(C)(C)NC(=O)c1c(-c2ccc(Oc3c(F)cccc3F)cc2)cn([C@@H]2CCCN(C(=O)OC(C)(C)C)C2)c1C=O.CC(C)(C)NC(=O)c1c(-c2ccc(Oc3c(F)cccc3F)cc2)cn([C@@H]2CCN(C(=O)OC(C)(C)C)C2)c1C(=O)O. The molecule has 8 rings (SSSR count). The lowest BCUT2D eigenvalue weighted by Gasteiger charge is -2.35. The summed E-state index contributed by atoms with van der Waals surface area (Å²) in [5.74, 6) is -6.42. The molecule has 0 saturated carbocycles. The van der Waals surface area contributed by atoms with Crippen molar-refractivity contribution in [3.63, 3.8) is 0 Å². The van der Waals surface area contributed by atoms with Crippen LogP contribution in [0, 0.1) is 23.3 Å². The molecule has 4 amide bonds. The average Bonchev–Trinajstić information content (AvgIpc) is 1.88. The molecule has 448 valence electrons. The lowest BCUT2D eigenvalue weighted by atomic mass is 10.0. The van der Waals surface area contributed by atoms with Gasteiger partial charge in [0.25, 0.3) is 11.8 Å². The van der Waals surface area contributed by atoms with Crippen molar-refractivity contribution in [1.29, 1.82) is 0 Å². The van der Waals surface area contributed by atoms with Crippen molar-refractivity contribution in [2.75, 3.05) is 26.2 Å². The Balaban J connectivity index is 0.000000241. The fraction of sp³-hybridized carbons (Fsp3) is 0.397. The maximum Gasteiger partial charge on any atom is 0.410 e. The highest BCUT2D eigenvalue weighted by atomic mass is 19.1. The van der Waals surface area contributed by atoms with E-state index < -0.39 is 93.1 Å². The van der Waals surface area contributed by atoms with Crippen LogP contribution in [0.25, 0.3) is 22.3 Å². The van der Waals surface area contributed by atoms with Crippen molar-refractivity contribution in [3.05, 3.63) is 143 Å². The van der Waals surface area contributed by atoms with Crippen LogP contribution >= 0.6 is 0 Å². The molecule has 0 spiro atoms. The van der Waals surface area contributed by atoms with Crippen LogP contribution < -0.4 is 20.1 Å². The summed E-state index contributed by atoms with van der Waals surface area (Å²) in [4.78, 5) is 80.9. The number of hydrogen-bond acceptors (Lipinski definition) is 10. The van der Waals surface area contributed by atoms with Gasteiger partial charge in [0.05, 0.1) is 28.9 Å². The molecule has 4 heterocycles. The van der Waals surface area contributed by atoms with Crippen molar-refractivity contribution >= 4 is 36.3 Å². The number of piperidine rings is 1. The quantitative estimate of drug-likeness (QED) is 0.0778. The highest BCUT2D eigenvalue weighted by Gasteiger charge is 2.37. The number of rotatable bonds is 12. The van der Waals surface area contributed by atoms with Gasteiger partial charge in [-0.25, -0.2) is 31.9 Å². The molecule has 84 heavy (non-hydrogen) atoms. The molecule has 2 atom stereocenters. The van der Waals surface area contributed by atoms with Crippen LogP contribution in [0.15, 0.2) is 97.3 Å². The number of carboxylic acid groups (broad SMARTS) is 1. The van der Waals surface area contributed by atoms with E-state index in [4.69, 9.17) is 18.9 Å². The maximum atomic E-state index is 14.1. The molecule has 0 unspecified atom stereocenters. The standard InChI is InChI=1S/C32H37F2N3O5.C31H35F2N3O6/c1-31(2,3)35-29(39)27-23(20-12-14-22(15-13-20)41-28-24(33)10-7-11-25(28)34)18-37(26(27)19-38)21-9-8-16-36(17-21)30(40)42-32(4,5)6;1-30(2,3)34-27(37)24-21(18-10-12-20(13-11-18)41-26-22(32)8-7-9-23(26)33)17-36(25(24)28(38)39)19-14-15-35(16-19)29(40)42-31(4,5)6/h7,10-15,18-19,21H,8-9,16-17H2,1-6H3,(H,35,39);7-13,17,19H,14-16H2,1-6H3,(H,34,37)(H,38,39)/t21-;19-/m11/s1. The number of carbonyl (C=O) groups is 6. The maximum absolute atomic E-state index is 14.1. The van der Waals surface area contributed by atoms with Crippen molar-refractivity contribution < 1.29 is 70.4 Å². The molecule has 0 aliphatic carbocycles. The van der Waals surface area contributed by atoms with Crippen molar-refractivity contribution in [2.24, 2.45) is 0 Å². The molecular weight excluding hydrogens is 1090 g/mol. The van der Waals surface area contributed by atoms with Crippen LogP contribution in [0.5, 0.6) is 23.0 Å². The largest absolute Gasteiger partial charge is 0.477 e. The van der Waals surface area contributed by atoms with Crippen LogP contribution in [0.3, 0.4) is 0 Å². The van der Waals surface area contributed by atoms with Crippen molar-refractivity contribution in [2.45, 2.75) is 137 Å². The zero-order chi connectivity index (χ0) is 61.8. The number of benzene rings is 4. The Morgan fingerprint density at radius 3 is 1.35 bits per heavy atom. The summed E-state index contributed by atoms with van der Waals surface area (Å²) >= 11 is 0. The van der Waals surface area contributed by atoms with Gasteiger partial charge in [-0.15, -0.1) is 0 Å². The minimum Gasteiger partial charge on any atom is -0.477 e. The Kier molecular flexibility index (Phi) is 18.8. The Labute approximate surface area is 485 Å². The third-order valence-electron chi connectivity index (χ3n) is 13.1. The molecule has 3 N–H and O–H groups in total. The summed E-state index contributed by atoms with van der Waals surface area (Å²) in [6, 6.07) is 18.6. The molecule has 2 aliphatic heterocycles. The Bertz CT molecular complexity index is 3380. The summed E-state index contributed by atoms with van der Waals surface area (Å²) in [6.07, 6.45) is 4.91. The van der Waals surface area contributed by atoms with Gasteiger partial charge >= 0.3 is 18.2 Å². The van der Waals surface area contributed by atoms with Gasteiger partial charge < -0.3 is 53.6 Å². The minimum atomic E-state index is -1.30. The number of carboxylic acids is 1. The molecule has 0 radical (unpaired) electrons. The fourth-order valence-electron chi connectivity index (χ4n) is 9.64. The summed E-state index contributed by atoms with van der Waals surface area (Å²) < 4.78 is 81.6. The number of aromatic nitrogens is 2. The van der Waals surface area contributed by atoms with Crippen LogP contribution in [-0.2, 0) is 9.47 Å². The third kappa shape index (κ3) is 15.7. The summed E-state index contributed by atoms with van der Waals surface area (Å²) in [5, 5.41) is 16.1. The number of ether oxygens (including phenoxy) is 4. The van der Waals surface area contributed by atoms with Gasteiger partial charge in [0.2, 0.25) is 0 Å². The summed E-state index contributed by atoms with van der Waals surface area (Å²) in [7, 11) is 0. The van der Waals surface area contributed by atoms with E-state index in [-0.39, 0.29) is 46.6 Å². The lowest BCUT2D eigenvalue weighted by molar-refractivity contribution is 0.0171. The van der Waals surface area contributed by atoms with E-state index in [1.54, 1.807) is 108 Å². The number of amides is 4. The van der Waals surface area contributed by atoms with E-state index in [0.29, 0.717) is 67.4 Å². The molecule has 0 bridgehead atoms. The Morgan fingerprint density at radius 2 is 0.940 bits per heavy atom. The van der Waals surface area contributed by atoms with Gasteiger partial charge in [0.15, 0.2) is 41.1 Å². The number of para-hydroxylation sites is 2. The second-order valence-electron chi connectivity index (χ2n) is 24.7. The molecule has 2 aromatic heterocycles. The monoisotopic (exact) mass is 1160 g/mol. The predicted molar refractivity (Wildman–Crippen MR) is 307 cm³/mol. The second-order valence-corrected chi connectivity index (χ2v) is 24.7. The van der Waals surface area contributed by atoms with E-state index >= 15 is 0 Å². The first-order valence-corrected chi connectivity index (χ1v) is 27.4.